The molecular formula is C8H12N2O2. The first-order valence-electron chi connectivity index (χ1n) is 3.75. The summed E-state index contributed by atoms with van der Waals surface area (Å²) in [5, 5.41) is 2.50. The SMILES string of the molecule is CC1(C)C(=O)NC=C(CN)C1=O. The fourth-order valence-electron chi connectivity index (χ4n) is 1.05. The number of hydrogen-bond donors (Lipinski definition) is 2. The fourth-order valence-corrected chi connectivity index (χ4v) is 1.05. The number of rotatable bonds is 1. The number of ketones is 1. The van der Waals surface area contributed by atoms with E-state index >= 15 is 0 Å². The van der Waals surface area contributed by atoms with E-state index in [1.807, 2.05) is 0 Å². The Morgan fingerprint density at radius 3 is 2.58 bits per heavy atom. The maximum atomic E-state index is 11.5. The summed E-state index contributed by atoms with van der Waals surface area (Å²) in [6, 6.07) is 0. The van der Waals surface area contributed by atoms with E-state index in [2.05, 4.69) is 5.32 Å². The molecular weight excluding hydrogens is 156 g/mol. The number of Topliss-reactive ketones (excluding diaryl/α,β-unsaturated/α-hetero) is 1. The van der Waals surface area contributed by atoms with Crippen LogP contribution < -0.4 is 11.1 Å². The van der Waals surface area contributed by atoms with E-state index in [1.165, 1.54) is 6.20 Å². The molecule has 4 heteroatoms. The first-order valence-corrected chi connectivity index (χ1v) is 3.75. The van der Waals surface area contributed by atoms with Gasteiger partial charge in [-0.2, -0.15) is 0 Å². The molecule has 0 aromatic rings. The lowest BCUT2D eigenvalue weighted by Crippen LogP contribution is -2.46. The molecule has 0 radical (unpaired) electrons. The van der Waals surface area contributed by atoms with Gasteiger partial charge in [-0.05, 0) is 13.8 Å². The van der Waals surface area contributed by atoms with Crippen LogP contribution in [0.5, 0.6) is 0 Å². The van der Waals surface area contributed by atoms with Crippen molar-refractivity contribution in [1.82, 2.24) is 5.32 Å². The quantitative estimate of drug-likeness (QED) is 0.521. The van der Waals surface area contributed by atoms with E-state index < -0.39 is 5.41 Å². The Kier molecular flexibility index (Phi) is 2.02. The van der Waals surface area contributed by atoms with Crippen molar-refractivity contribution in [3.63, 3.8) is 0 Å². The van der Waals surface area contributed by atoms with Crippen LogP contribution in [0.2, 0.25) is 0 Å². The van der Waals surface area contributed by atoms with Gasteiger partial charge < -0.3 is 11.1 Å². The summed E-state index contributed by atoms with van der Waals surface area (Å²) in [6.45, 7) is 3.35. The minimum atomic E-state index is -0.969. The molecule has 1 heterocycles. The van der Waals surface area contributed by atoms with Gasteiger partial charge in [-0.25, -0.2) is 0 Å². The van der Waals surface area contributed by atoms with Crippen molar-refractivity contribution in [2.75, 3.05) is 6.54 Å². The van der Waals surface area contributed by atoms with Crippen molar-refractivity contribution in [3.05, 3.63) is 11.8 Å². The maximum Gasteiger partial charge on any atom is 0.237 e. The zero-order chi connectivity index (χ0) is 9.35. The minimum Gasteiger partial charge on any atom is -0.331 e. The monoisotopic (exact) mass is 168 g/mol. The van der Waals surface area contributed by atoms with Gasteiger partial charge in [0.2, 0.25) is 5.91 Å². The Bertz CT molecular complexity index is 266. The second-order valence-corrected chi connectivity index (χ2v) is 3.30. The highest BCUT2D eigenvalue weighted by atomic mass is 16.2. The molecule has 0 saturated carbocycles. The van der Waals surface area contributed by atoms with Gasteiger partial charge >= 0.3 is 0 Å². The summed E-state index contributed by atoms with van der Waals surface area (Å²) >= 11 is 0. The summed E-state index contributed by atoms with van der Waals surface area (Å²) in [6.07, 6.45) is 1.38. The lowest BCUT2D eigenvalue weighted by molar-refractivity contribution is -0.138. The second-order valence-electron chi connectivity index (χ2n) is 3.30. The van der Waals surface area contributed by atoms with Crippen LogP contribution in [0.1, 0.15) is 13.8 Å². The van der Waals surface area contributed by atoms with E-state index in [1.54, 1.807) is 13.8 Å². The van der Waals surface area contributed by atoms with E-state index in [0.717, 1.165) is 0 Å². The number of amides is 1. The van der Waals surface area contributed by atoms with Gasteiger partial charge in [0.15, 0.2) is 5.78 Å². The Labute approximate surface area is 70.8 Å². The van der Waals surface area contributed by atoms with E-state index in [-0.39, 0.29) is 18.2 Å². The molecule has 0 atom stereocenters. The molecule has 12 heavy (non-hydrogen) atoms. The van der Waals surface area contributed by atoms with Gasteiger partial charge in [-0.15, -0.1) is 0 Å². The molecule has 0 unspecified atom stereocenters. The van der Waals surface area contributed by atoms with Crippen LogP contribution in [0.15, 0.2) is 11.8 Å². The molecule has 4 nitrogen and oxygen atoms in total. The third-order valence-electron chi connectivity index (χ3n) is 2.02. The minimum absolute atomic E-state index is 0.169. The first kappa shape index (κ1) is 8.93. The van der Waals surface area contributed by atoms with Crippen molar-refractivity contribution in [2.45, 2.75) is 13.8 Å². The van der Waals surface area contributed by atoms with Crippen molar-refractivity contribution in [1.29, 1.82) is 0 Å². The first-order chi connectivity index (χ1) is 5.50. The topological polar surface area (TPSA) is 72.2 Å². The molecule has 3 N–H and O–H groups in total. The predicted octanol–water partition coefficient (Wildman–Crippen LogP) is -0.446. The number of carbonyl (C=O) groups is 2. The van der Waals surface area contributed by atoms with Gasteiger partial charge in [-0.1, -0.05) is 0 Å². The molecule has 1 aliphatic rings. The van der Waals surface area contributed by atoms with Gasteiger partial charge in [0.1, 0.15) is 5.41 Å². The zero-order valence-electron chi connectivity index (χ0n) is 7.18. The highest BCUT2D eigenvalue weighted by Gasteiger charge is 2.39. The lowest BCUT2D eigenvalue weighted by Gasteiger charge is -2.26. The number of nitrogens with one attached hydrogen (secondary N) is 1. The zero-order valence-corrected chi connectivity index (χ0v) is 7.18. The molecule has 66 valence electrons. The average Bonchev–Trinajstić information content (AvgIpc) is 2.02. The molecule has 0 fully saturated rings. The molecule has 0 spiro atoms. The third-order valence-corrected chi connectivity index (χ3v) is 2.02. The van der Waals surface area contributed by atoms with Crippen molar-refractivity contribution >= 4 is 11.7 Å². The van der Waals surface area contributed by atoms with Crippen LogP contribution in [0, 0.1) is 5.41 Å². The van der Waals surface area contributed by atoms with E-state index in [9.17, 15) is 9.59 Å². The molecule has 1 rings (SSSR count). The molecule has 0 bridgehead atoms. The third kappa shape index (κ3) is 1.14. The molecule has 0 aromatic carbocycles. The van der Waals surface area contributed by atoms with E-state index in [4.69, 9.17) is 5.73 Å². The van der Waals surface area contributed by atoms with Gasteiger partial charge in [0.05, 0.1) is 0 Å². The predicted molar refractivity (Wildman–Crippen MR) is 44.1 cm³/mol. The van der Waals surface area contributed by atoms with Crippen LogP contribution >= 0.6 is 0 Å². The average molecular weight is 168 g/mol. The number of nitrogens with two attached hydrogens (primary N) is 1. The molecule has 1 aliphatic heterocycles. The van der Waals surface area contributed by atoms with Crippen molar-refractivity contribution in [2.24, 2.45) is 11.1 Å². The lowest BCUT2D eigenvalue weighted by atomic mass is 9.81. The van der Waals surface area contributed by atoms with Gasteiger partial charge in [0, 0.05) is 18.3 Å². The van der Waals surface area contributed by atoms with Crippen molar-refractivity contribution < 1.29 is 9.59 Å². The van der Waals surface area contributed by atoms with Crippen molar-refractivity contribution in [3.8, 4) is 0 Å². The molecule has 0 aromatic heterocycles. The van der Waals surface area contributed by atoms with Crippen LogP contribution in [-0.2, 0) is 9.59 Å². The summed E-state index contributed by atoms with van der Waals surface area (Å²) < 4.78 is 0. The standard InChI is InChI=1S/C8H12N2O2/c1-8(2)6(11)5(3-9)4-10-7(8)12/h4H,3,9H2,1-2H3,(H,10,12). The van der Waals surface area contributed by atoms with Gasteiger partial charge in [0.25, 0.3) is 0 Å². The fraction of sp³-hybridized carbons (Fsp3) is 0.500. The van der Waals surface area contributed by atoms with Crippen LogP contribution in [0.25, 0.3) is 0 Å². The summed E-state index contributed by atoms with van der Waals surface area (Å²) in [5.74, 6) is -0.460. The number of hydrogen-bond acceptors (Lipinski definition) is 3. The maximum absolute atomic E-state index is 11.5. The smallest absolute Gasteiger partial charge is 0.237 e. The highest BCUT2D eigenvalue weighted by molar-refractivity contribution is 6.15. The van der Waals surface area contributed by atoms with Crippen LogP contribution in [-0.4, -0.2) is 18.2 Å². The Morgan fingerprint density at radius 2 is 2.08 bits per heavy atom. The highest BCUT2D eigenvalue weighted by Crippen LogP contribution is 2.23. The Hall–Kier alpha value is -1.16. The second kappa shape index (κ2) is 2.71. The Morgan fingerprint density at radius 1 is 1.50 bits per heavy atom. The summed E-state index contributed by atoms with van der Waals surface area (Å²) in [5.41, 5.74) is 4.82. The number of carbonyl (C=O) groups excluding carboxylic acids is 2. The van der Waals surface area contributed by atoms with Crippen LogP contribution in [0.4, 0.5) is 0 Å². The molecule has 0 aliphatic carbocycles. The van der Waals surface area contributed by atoms with E-state index in [0.29, 0.717) is 5.57 Å². The summed E-state index contributed by atoms with van der Waals surface area (Å²) in [4.78, 5) is 22.6. The largest absolute Gasteiger partial charge is 0.331 e. The summed E-state index contributed by atoms with van der Waals surface area (Å²) in [7, 11) is 0. The normalized spacial score (nSPS) is 21.8. The van der Waals surface area contributed by atoms with Crippen LogP contribution in [0.3, 0.4) is 0 Å². The Balaban J connectivity index is 3.04. The van der Waals surface area contributed by atoms with Gasteiger partial charge in [-0.3, -0.25) is 9.59 Å². The molecule has 1 amide bonds. The molecule has 0 saturated heterocycles.